The fourth-order valence-electron chi connectivity index (χ4n) is 1.07. The number of halogens is 1. The Kier molecular flexibility index (Phi) is 3.12. The van der Waals surface area contributed by atoms with Crippen LogP contribution in [0.15, 0.2) is 18.2 Å². The number of rotatable bonds is 2. The molecule has 0 amide bonds. The second-order valence-electron chi connectivity index (χ2n) is 2.65. The second kappa shape index (κ2) is 3.92. The number of aryl methyl sites for hydroxylation is 1. The molecule has 1 aromatic carbocycles. The van der Waals surface area contributed by atoms with E-state index < -0.39 is 0 Å². The molecule has 12 heavy (non-hydrogen) atoms. The van der Waals surface area contributed by atoms with Crippen molar-refractivity contribution in [2.45, 2.75) is 11.9 Å². The smallest absolute Gasteiger partial charge is 0.124 e. The van der Waals surface area contributed by atoms with Gasteiger partial charge in [-0.2, -0.15) is 0 Å². The van der Waals surface area contributed by atoms with Crippen LogP contribution >= 0.6 is 15.9 Å². The third-order valence-corrected chi connectivity index (χ3v) is 2.18. The van der Waals surface area contributed by atoms with Crippen molar-refractivity contribution in [3.8, 4) is 5.75 Å². The number of hydrogen-bond acceptors (Lipinski definition) is 2. The molecule has 0 aliphatic heterocycles. The van der Waals surface area contributed by atoms with E-state index >= 15 is 0 Å². The number of alkyl halides is 1. The van der Waals surface area contributed by atoms with Crippen molar-refractivity contribution < 1.29 is 4.74 Å². The largest absolute Gasteiger partial charge is 0.496 e. The number of hydrogen-bond donors (Lipinski definition) is 1. The summed E-state index contributed by atoms with van der Waals surface area (Å²) < 4.78 is 5.15. The minimum atomic E-state index is -0.160. The van der Waals surface area contributed by atoms with Gasteiger partial charge in [-0.05, 0) is 19.1 Å². The lowest BCUT2D eigenvalue weighted by molar-refractivity contribution is 0.409. The van der Waals surface area contributed by atoms with Gasteiger partial charge in [0, 0.05) is 5.56 Å². The monoisotopic (exact) mass is 229 g/mol. The van der Waals surface area contributed by atoms with E-state index in [0.29, 0.717) is 0 Å². The quantitative estimate of drug-likeness (QED) is 0.625. The van der Waals surface area contributed by atoms with E-state index in [1.165, 1.54) is 5.56 Å². The Balaban J connectivity index is 3.12. The molecule has 0 saturated carbocycles. The molecule has 0 heterocycles. The molecule has 1 aromatic rings. The van der Waals surface area contributed by atoms with Gasteiger partial charge in [0.15, 0.2) is 0 Å². The van der Waals surface area contributed by atoms with Gasteiger partial charge < -0.3 is 10.5 Å². The maximum Gasteiger partial charge on any atom is 0.124 e. The molecule has 0 aromatic heterocycles. The average Bonchev–Trinajstić information content (AvgIpc) is 2.04. The van der Waals surface area contributed by atoms with Crippen molar-refractivity contribution in [1.29, 1.82) is 0 Å². The van der Waals surface area contributed by atoms with Crippen LogP contribution in [0.1, 0.15) is 16.1 Å². The standard InChI is InChI=1S/C9H12BrNO/c1-6-3-4-8(12-2)7(5-6)9(10)11/h3-5,9H,11H2,1-2H3. The second-order valence-corrected chi connectivity index (χ2v) is 3.63. The molecule has 1 unspecified atom stereocenters. The van der Waals surface area contributed by atoms with Crippen LogP contribution in [-0.2, 0) is 0 Å². The van der Waals surface area contributed by atoms with E-state index in [-0.39, 0.29) is 4.95 Å². The molecular weight excluding hydrogens is 218 g/mol. The molecule has 3 heteroatoms. The summed E-state index contributed by atoms with van der Waals surface area (Å²) in [6.45, 7) is 2.03. The van der Waals surface area contributed by atoms with Crippen molar-refractivity contribution in [3.05, 3.63) is 29.3 Å². The van der Waals surface area contributed by atoms with Crippen molar-refractivity contribution in [1.82, 2.24) is 0 Å². The van der Waals surface area contributed by atoms with Gasteiger partial charge in [0.1, 0.15) is 5.75 Å². The zero-order chi connectivity index (χ0) is 9.14. The average molecular weight is 230 g/mol. The summed E-state index contributed by atoms with van der Waals surface area (Å²) in [7, 11) is 1.64. The highest BCUT2D eigenvalue weighted by Crippen LogP contribution is 2.27. The van der Waals surface area contributed by atoms with Gasteiger partial charge in [0.05, 0.1) is 12.1 Å². The summed E-state index contributed by atoms with van der Waals surface area (Å²) in [6, 6.07) is 5.93. The van der Waals surface area contributed by atoms with E-state index in [4.69, 9.17) is 10.5 Å². The normalized spacial score (nSPS) is 12.7. The first-order valence-electron chi connectivity index (χ1n) is 3.69. The zero-order valence-electron chi connectivity index (χ0n) is 7.17. The fourth-order valence-corrected chi connectivity index (χ4v) is 1.43. The molecule has 0 radical (unpaired) electrons. The molecule has 1 atom stereocenters. The van der Waals surface area contributed by atoms with Crippen LogP contribution in [0.5, 0.6) is 5.75 Å². The maximum atomic E-state index is 5.70. The number of benzene rings is 1. The van der Waals surface area contributed by atoms with Gasteiger partial charge in [0.25, 0.3) is 0 Å². The van der Waals surface area contributed by atoms with Gasteiger partial charge in [-0.1, -0.05) is 27.6 Å². The summed E-state index contributed by atoms with van der Waals surface area (Å²) in [4.78, 5) is -0.160. The van der Waals surface area contributed by atoms with Crippen LogP contribution < -0.4 is 10.5 Å². The third kappa shape index (κ3) is 1.99. The molecule has 1 rings (SSSR count). The molecule has 2 nitrogen and oxygen atoms in total. The van der Waals surface area contributed by atoms with Gasteiger partial charge in [-0.15, -0.1) is 0 Å². The first kappa shape index (κ1) is 9.55. The van der Waals surface area contributed by atoms with Gasteiger partial charge >= 0.3 is 0 Å². The van der Waals surface area contributed by atoms with Crippen LogP contribution in [0.3, 0.4) is 0 Å². The first-order chi connectivity index (χ1) is 5.65. The maximum absolute atomic E-state index is 5.70. The summed E-state index contributed by atoms with van der Waals surface area (Å²) in [5.74, 6) is 0.824. The lowest BCUT2D eigenvalue weighted by atomic mass is 10.1. The van der Waals surface area contributed by atoms with E-state index in [0.717, 1.165) is 11.3 Å². The van der Waals surface area contributed by atoms with Crippen LogP contribution in [0, 0.1) is 6.92 Å². The number of nitrogens with two attached hydrogens (primary N) is 1. The van der Waals surface area contributed by atoms with Crippen molar-refractivity contribution in [2.75, 3.05) is 7.11 Å². The lowest BCUT2D eigenvalue weighted by Gasteiger charge is -2.10. The highest BCUT2D eigenvalue weighted by Gasteiger charge is 2.07. The Bertz CT molecular complexity index is 273. The van der Waals surface area contributed by atoms with Gasteiger partial charge in [-0.25, -0.2) is 0 Å². The molecule has 0 saturated heterocycles. The molecular formula is C9H12BrNO. The topological polar surface area (TPSA) is 35.2 Å². The van der Waals surface area contributed by atoms with Gasteiger partial charge in [-0.3, -0.25) is 0 Å². The summed E-state index contributed by atoms with van der Waals surface area (Å²) in [5, 5.41) is 0. The van der Waals surface area contributed by atoms with Crippen LogP contribution in [0.2, 0.25) is 0 Å². The molecule has 66 valence electrons. The van der Waals surface area contributed by atoms with Crippen molar-refractivity contribution >= 4 is 15.9 Å². The first-order valence-corrected chi connectivity index (χ1v) is 4.61. The minimum absolute atomic E-state index is 0.160. The van der Waals surface area contributed by atoms with Crippen LogP contribution in [-0.4, -0.2) is 7.11 Å². The zero-order valence-corrected chi connectivity index (χ0v) is 8.76. The van der Waals surface area contributed by atoms with Gasteiger partial charge in [0.2, 0.25) is 0 Å². The molecule has 2 N–H and O–H groups in total. The Morgan fingerprint density at radius 1 is 1.50 bits per heavy atom. The number of ether oxygens (including phenoxy) is 1. The Morgan fingerprint density at radius 3 is 2.67 bits per heavy atom. The van der Waals surface area contributed by atoms with Crippen molar-refractivity contribution in [3.63, 3.8) is 0 Å². The Labute approximate surface area is 80.8 Å². The van der Waals surface area contributed by atoms with E-state index in [9.17, 15) is 0 Å². The minimum Gasteiger partial charge on any atom is -0.496 e. The summed E-state index contributed by atoms with van der Waals surface area (Å²) in [6.07, 6.45) is 0. The van der Waals surface area contributed by atoms with Crippen LogP contribution in [0.4, 0.5) is 0 Å². The fraction of sp³-hybridized carbons (Fsp3) is 0.333. The predicted octanol–water partition coefficient (Wildman–Crippen LogP) is 2.36. The highest BCUT2D eigenvalue weighted by molar-refractivity contribution is 9.09. The predicted molar refractivity (Wildman–Crippen MR) is 53.6 cm³/mol. The molecule has 0 spiro atoms. The molecule has 0 fully saturated rings. The third-order valence-electron chi connectivity index (χ3n) is 1.68. The summed E-state index contributed by atoms with van der Waals surface area (Å²) in [5.41, 5.74) is 7.86. The van der Waals surface area contributed by atoms with E-state index in [1.54, 1.807) is 7.11 Å². The molecule has 0 aliphatic carbocycles. The Hall–Kier alpha value is -0.540. The Morgan fingerprint density at radius 2 is 2.17 bits per heavy atom. The van der Waals surface area contributed by atoms with E-state index in [2.05, 4.69) is 15.9 Å². The molecule has 0 bridgehead atoms. The van der Waals surface area contributed by atoms with Crippen molar-refractivity contribution in [2.24, 2.45) is 5.73 Å². The summed E-state index contributed by atoms with van der Waals surface area (Å²) >= 11 is 3.31. The molecule has 0 aliphatic rings. The lowest BCUT2D eigenvalue weighted by Crippen LogP contribution is -2.04. The number of methoxy groups -OCH3 is 1. The van der Waals surface area contributed by atoms with E-state index in [1.807, 2.05) is 25.1 Å². The SMILES string of the molecule is COc1ccc(C)cc1C(N)Br. The highest BCUT2D eigenvalue weighted by atomic mass is 79.9. The van der Waals surface area contributed by atoms with Crippen LogP contribution in [0.25, 0.3) is 0 Å².